The summed E-state index contributed by atoms with van der Waals surface area (Å²) in [5.41, 5.74) is 0.872. The first-order chi connectivity index (χ1) is 7.62. The topological polar surface area (TPSA) is 61.0 Å². The van der Waals surface area contributed by atoms with Gasteiger partial charge in [0.2, 0.25) is 0 Å². The molecule has 0 atom stereocenters. The molecule has 0 amide bonds. The second-order valence-electron chi connectivity index (χ2n) is 4.66. The molecule has 0 unspecified atom stereocenters. The number of aromatic amines is 1. The lowest BCUT2D eigenvalue weighted by molar-refractivity contribution is 0.0739. The summed E-state index contributed by atoms with van der Waals surface area (Å²) in [6, 6.07) is 1.54. The molecule has 2 rings (SSSR count). The molecule has 1 aliphatic carbocycles. The van der Waals surface area contributed by atoms with Crippen LogP contribution in [0.25, 0.3) is 0 Å². The Labute approximate surface area is 94.9 Å². The van der Waals surface area contributed by atoms with Gasteiger partial charge in [-0.3, -0.25) is 4.79 Å². The minimum Gasteiger partial charge on any atom is -0.382 e. The van der Waals surface area contributed by atoms with E-state index in [1.54, 1.807) is 6.20 Å². The van der Waals surface area contributed by atoms with Gasteiger partial charge in [0.1, 0.15) is 0 Å². The molecule has 1 aromatic heterocycles. The average molecular weight is 222 g/mol. The number of hydrogen-bond donors (Lipinski definition) is 2. The molecule has 0 aliphatic heterocycles. The highest BCUT2D eigenvalue weighted by molar-refractivity contribution is 5.39. The van der Waals surface area contributed by atoms with Crippen molar-refractivity contribution in [3.05, 3.63) is 22.6 Å². The Morgan fingerprint density at radius 2 is 2.31 bits per heavy atom. The molecule has 1 fully saturated rings. The Hall–Kier alpha value is -1.36. The van der Waals surface area contributed by atoms with Crippen molar-refractivity contribution in [2.24, 2.45) is 0 Å². The van der Waals surface area contributed by atoms with Gasteiger partial charge in [-0.25, -0.2) is 5.10 Å². The van der Waals surface area contributed by atoms with Gasteiger partial charge in [-0.15, -0.1) is 0 Å². The van der Waals surface area contributed by atoms with Crippen molar-refractivity contribution in [3.63, 3.8) is 0 Å². The molecule has 0 radical (unpaired) electrons. The maximum atomic E-state index is 11.1. The summed E-state index contributed by atoms with van der Waals surface area (Å²) in [7, 11) is 4.22. The zero-order valence-electron chi connectivity index (χ0n) is 9.79. The third kappa shape index (κ3) is 2.09. The average Bonchev–Trinajstić information content (AvgIpc) is 2.15. The highest BCUT2D eigenvalue weighted by Gasteiger charge is 2.38. The fourth-order valence-electron chi connectivity index (χ4n) is 2.11. The van der Waals surface area contributed by atoms with Crippen molar-refractivity contribution in [1.82, 2.24) is 15.1 Å². The summed E-state index contributed by atoms with van der Waals surface area (Å²) in [6.45, 7) is 0.866. The summed E-state index contributed by atoms with van der Waals surface area (Å²) < 4.78 is 0. The van der Waals surface area contributed by atoms with Gasteiger partial charge >= 0.3 is 0 Å². The van der Waals surface area contributed by atoms with E-state index in [0.717, 1.165) is 12.2 Å². The molecule has 5 nitrogen and oxygen atoms in total. The van der Waals surface area contributed by atoms with E-state index in [2.05, 4.69) is 34.5 Å². The van der Waals surface area contributed by atoms with Crippen molar-refractivity contribution in [2.75, 3.05) is 26.0 Å². The van der Waals surface area contributed by atoms with E-state index in [-0.39, 0.29) is 11.1 Å². The highest BCUT2D eigenvalue weighted by atomic mass is 16.1. The number of anilines is 1. The van der Waals surface area contributed by atoms with Gasteiger partial charge in [-0.2, -0.15) is 5.10 Å². The fraction of sp³-hybridized carbons (Fsp3) is 0.636. The first-order valence-electron chi connectivity index (χ1n) is 5.58. The van der Waals surface area contributed by atoms with Crippen LogP contribution in [-0.2, 0) is 0 Å². The quantitative estimate of drug-likeness (QED) is 0.786. The summed E-state index contributed by atoms with van der Waals surface area (Å²) in [5, 5.41) is 9.41. The number of H-pyrrole nitrogens is 1. The van der Waals surface area contributed by atoms with E-state index >= 15 is 0 Å². The van der Waals surface area contributed by atoms with Crippen molar-refractivity contribution < 1.29 is 0 Å². The monoisotopic (exact) mass is 222 g/mol. The first kappa shape index (κ1) is 11.1. The van der Waals surface area contributed by atoms with Crippen LogP contribution in [-0.4, -0.2) is 41.3 Å². The number of likely N-dealkylation sites (N-methyl/N-ethyl adjacent to an activating group) is 1. The van der Waals surface area contributed by atoms with E-state index in [0.29, 0.717) is 0 Å². The van der Waals surface area contributed by atoms with Crippen LogP contribution in [0.5, 0.6) is 0 Å². The number of hydrogen-bond acceptors (Lipinski definition) is 4. The lowest BCUT2D eigenvalue weighted by atomic mass is 9.75. The van der Waals surface area contributed by atoms with Crippen molar-refractivity contribution in [3.8, 4) is 0 Å². The Morgan fingerprint density at radius 1 is 1.56 bits per heavy atom. The molecule has 2 N–H and O–H groups in total. The van der Waals surface area contributed by atoms with Gasteiger partial charge in [0.25, 0.3) is 5.56 Å². The standard InChI is InChI=1S/C11H18N4O/c1-15(2)11(4-3-5-11)8-12-9-6-10(16)14-13-7-9/h6-7H,3-5,8H2,1-2H3,(H2,12,14,16). The molecule has 5 heteroatoms. The SMILES string of the molecule is CN(C)C1(CNc2cn[nH]c(=O)c2)CCC1. The van der Waals surface area contributed by atoms with Crippen LogP contribution in [0.1, 0.15) is 19.3 Å². The molecule has 0 spiro atoms. The van der Waals surface area contributed by atoms with E-state index in [1.165, 1.54) is 25.3 Å². The lowest BCUT2D eigenvalue weighted by Crippen LogP contribution is -2.54. The molecular formula is C11H18N4O. The van der Waals surface area contributed by atoms with Crippen molar-refractivity contribution in [2.45, 2.75) is 24.8 Å². The van der Waals surface area contributed by atoms with Gasteiger partial charge in [0.05, 0.1) is 11.9 Å². The van der Waals surface area contributed by atoms with Crippen molar-refractivity contribution in [1.29, 1.82) is 0 Å². The molecule has 0 bridgehead atoms. The van der Waals surface area contributed by atoms with Gasteiger partial charge in [-0.05, 0) is 33.4 Å². The van der Waals surface area contributed by atoms with Gasteiger partial charge in [0, 0.05) is 18.2 Å². The molecule has 88 valence electrons. The molecule has 1 aliphatic rings. The van der Waals surface area contributed by atoms with Crippen LogP contribution in [0.4, 0.5) is 5.69 Å². The molecule has 0 aromatic carbocycles. The molecule has 1 heterocycles. The summed E-state index contributed by atoms with van der Waals surface area (Å²) >= 11 is 0. The molecule has 1 saturated carbocycles. The van der Waals surface area contributed by atoms with Gasteiger partial charge in [0.15, 0.2) is 0 Å². The first-order valence-corrected chi connectivity index (χ1v) is 5.58. The second kappa shape index (κ2) is 4.25. The second-order valence-corrected chi connectivity index (χ2v) is 4.66. The van der Waals surface area contributed by atoms with Crippen LogP contribution >= 0.6 is 0 Å². The Kier molecular flexibility index (Phi) is 2.96. The van der Waals surface area contributed by atoms with Gasteiger partial charge < -0.3 is 10.2 Å². The Morgan fingerprint density at radius 3 is 2.81 bits per heavy atom. The zero-order valence-corrected chi connectivity index (χ0v) is 9.79. The highest BCUT2D eigenvalue weighted by Crippen LogP contribution is 2.36. The number of nitrogens with zero attached hydrogens (tertiary/aromatic N) is 2. The largest absolute Gasteiger partial charge is 0.382 e. The lowest BCUT2D eigenvalue weighted by Gasteiger charge is -2.47. The predicted molar refractivity (Wildman–Crippen MR) is 63.6 cm³/mol. The third-order valence-corrected chi connectivity index (χ3v) is 3.52. The van der Waals surface area contributed by atoms with E-state index in [1.807, 2.05) is 0 Å². The number of nitrogens with one attached hydrogen (secondary N) is 2. The maximum absolute atomic E-state index is 11.1. The predicted octanol–water partition coefficient (Wildman–Crippen LogP) is 0.666. The van der Waals surface area contributed by atoms with Crippen LogP contribution in [0, 0.1) is 0 Å². The number of rotatable bonds is 4. The number of aromatic nitrogens is 2. The summed E-state index contributed by atoms with van der Waals surface area (Å²) in [6.07, 6.45) is 5.35. The fourth-order valence-corrected chi connectivity index (χ4v) is 2.11. The smallest absolute Gasteiger partial charge is 0.266 e. The Bertz CT molecular complexity index is 408. The third-order valence-electron chi connectivity index (χ3n) is 3.52. The van der Waals surface area contributed by atoms with Crippen LogP contribution in [0.2, 0.25) is 0 Å². The molecule has 0 saturated heterocycles. The van der Waals surface area contributed by atoms with E-state index in [4.69, 9.17) is 0 Å². The van der Waals surface area contributed by atoms with Crippen molar-refractivity contribution >= 4 is 5.69 Å². The van der Waals surface area contributed by atoms with E-state index < -0.39 is 0 Å². The molecule has 1 aromatic rings. The molecule has 16 heavy (non-hydrogen) atoms. The van der Waals surface area contributed by atoms with Gasteiger partial charge in [-0.1, -0.05) is 0 Å². The van der Waals surface area contributed by atoms with E-state index in [9.17, 15) is 4.79 Å². The normalized spacial score (nSPS) is 18.2. The minimum atomic E-state index is -0.169. The Balaban J connectivity index is 1.99. The molecular weight excluding hydrogens is 204 g/mol. The summed E-state index contributed by atoms with van der Waals surface area (Å²) in [4.78, 5) is 13.3. The van der Waals surface area contributed by atoms with Crippen LogP contribution in [0.3, 0.4) is 0 Å². The van der Waals surface area contributed by atoms with Crippen LogP contribution in [0.15, 0.2) is 17.1 Å². The summed E-state index contributed by atoms with van der Waals surface area (Å²) in [5.74, 6) is 0. The van der Waals surface area contributed by atoms with Crippen LogP contribution < -0.4 is 10.9 Å². The maximum Gasteiger partial charge on any atom is 0.266 e. The minimum absolute atomic E-state index is 0.169. The zero-order chi connectivity index (χ0) is 11.6.